The predicted octanol–water partition coefficient (Wildman–Crippen LogP) is 0.391. The van der Waals surface area contributed by atoms with Crippen molar-refractivity contribution < 1.29 is 0 Å². The van der Waals surface area contributed by atoms with E-state index >= 15 is 0 Å². The number of anilines is 1. The first-order valence-corrected chi connectivity index (χ1v) is 4.01. The molecular weight excluding hydrogens is 152 g/mol. The topological polar surface area (TPSA) is 55.0 Å². The third-order valence-electron chi connectivity index (χ3n) is 1.73. The molecule has 12 heavy (non-hydrogen) atoms. The molecule has 0 unspecified atom stereocenters. The Hall–Kier alpha value is -1.16. The van der Waals surface area contributed by atoms with E-state index in [9.17, 15) is 0 Å². The fourth-order valence-corrected chi connectivity index (χ4v) is 0.824. The van der Waals surface area contributed by atoms with Gasteiger partial charge in [0.2, 0.25) is 5.95 Å². The van der Waals surface area contributed by atoms with E-state index < -0.39 is 0 Å². The summed E-state index contributed by atoms with van der Waals surface area (Å²) < 4.78 is 0. The lowest BCUT2D eigenvalue weighted by molar-refractivity contribution is 0.871. The molecule has 0 atom stereocenters. The fraction of sp³-hybridized carbons (Fsp3) is 0.500. The Kier molecular flexibility index (Phi) is 2.99. The Labute approximate surface area is 72.4 Å². The van der Waals surface area contributed by atoms with Crippen LogP contribution in [0.5, 0.6) is 0 Å². The van der Waals surface area contributed by atoms with Crippen LogP contribution in [-0.4, -0.2) is 23.6 Å². The van der Waals surface area contributed by atoms with Gasteiger partial charge in [-0.25, -0.2) is 9.97 Å². The van der Waals surface area contributed by atoms with Crippen molar-refractivity contribution in [2.24, 2.45) is 5.73 Å². The van der Waals surface area contributed by atoms with E-state index in [4.69, 9.17) is 5.73 Å². The summed E-state index contributed by atoms with van der Waals surface area (Å²) in [5.74, 6) is 0.737. The van der Waals surface area contributed by atoms with E-state index in [2.05, 4.69) is 16.9 Å². The number of hydrogen-bond acceptors (Lipinski definition) is 4. The third-order valence-corrected chi connectivity index (χ3v) is 1.73. The van der Waals surface area contributed by atoms with E-state index in [0.717, 1.165) is 18.2 Å². The summed E-state index contributed by atoms with van der Waals surface area (Å²) in [5, 5.41) is 0. The van der Waals surface area contributed by atoms with Gasteiger partial charge in [0, 0.05) is 26.3 Å². The van der Waals surface area contributed by atoms with Crippen LogP contribution in [0.1, 0.15) is 12.6 Å². The molecule has 0 amide bonds. The van der Waals surface area contributed by atoms with Crippen LogP contribution < -0.4 is 10.6 Å². The van der Waals surface area contributed by atoms with Gasteiger partial charge in [-0.05, 0) is 13.0 Å². The van der Waals surface area contributed by atoms with Crippen LogP contribution in [0.2, 0.25) is 0 Å². The van der Waals surface area contributed by atoms with Crippen LogP contribution in [0, 0.1) is 0 Å². The van der Waals surface area contributed by atoms with E-state index in [-0.39, 0.29) is 0 Å². The largest absolute Gasteiger partial charge is 0.344 e. The van der Waals surface area contributed by atoms with Crippen LogP contribution in [0.15, 0.2) is 12.3 Å². The van der Waals surface area contributed by atoms with Gasteiger partial charge in [-0.15, -0.1) is 0 Å². The zero-order chi connectivity index (χ0) is 8.97. The second kappa shape index (κ2) is 4.01. The van der Waals surface area contributed by atoms with Gasteiger partial charge in [0.25, 0.3) is 0 Å². The molecule has 1 rings (SSSR count). The van der Waals surface area contributed by atoms with Gasteiger partial charge >= 0.3 is 0 Å². The number of aromatic nitrogens is 2. The molecule has 4 nitrogen and oxygen atoms in total. The Bertz CT molecular complexity index is 249. The molecule has 66 valence electrons. The summed E-state index contributed by atoms with van der Waals surface area (Å²) in [6, 6.07) is 1.83. The summed E-state index contributed by atoms with van der Waals surface area (Å²) >= 11 is 0. The highest BCUT2D eigenvalue weighted by atomic mass is 15.2. The van der Waals surface area contributed by atoms with Gasteiger partial charge in [0.1, 0.15) is 0 Å². The molecule has 0 bridgehead atoms. The Morgan fingerprint density at radius 3 is 2.92 bits per heavy atom. The summed E-state index contributed by atoms with van der Waals surface area (Å²) in [6.45, 7) is 3.42. The van der Waals surface area contributed by atoms with Gasteiger partial charge in [-0.2, -0.15) is 0 Å². The lowest BCUT2D eigenvalue weighted by atomic mass is 10.4. The third kappa shape index (κ3) is 1.92. The van der Waals surface area contributed by atoms with Crippen LogP contribution in [0.25, 0.3) is 0 Å². The molecule has 0 saturated carbocycles. The fourth-order valence-electron chi connectivity index (χ4n) is 0.824. The van der Waals surface area contributed by atoms with E-state index in [1.54, 1.807) is 6.20 Å². The van der Waals surface area contributed by atoms with Crippen molar-refractivity contribution in [2.75, 3.05) is 18.5 Å². The SMILES string of the molecule is CCN(C)c1nccc(CN)n1. The minimum absolute atomic E-state index is 0.465. The van der Waals surface area contributed by atoms with Gasteiger partial charge < -0.3 is 10.6 Å². The molecule has 0 saturated heterocycles. The molecule has 0 aliphatic rings. The van der Waals surface area contributed by atoms with Crippen molar-refractivity contribution in [1.82, 2.24) is 9.97 Å². The smallest absolute Gasteiger partial charge is 0.225 e. The standard InChI is InChI=1S/C8H14N4/c1-3-12(2)8-10-5-4-7(6-9)11-8/h4-5H,3,6,9H2,1-2H3. The zero-order valence-corrected chi connectivity index (χ0v) is 7.49. The average Bonchev–Trinajstić information content (AvgIpc) is 2.17. The maximum absolute atomic E-state index is 5.45. The molecule has 2 N–H and O–H groups in total. The van der Waals surface area contributed by atoms with Crippen LogP contribution in [-0.2, 0) is 6.54 Å². The minimum Gasteiger partial charge on any atom is -0.344 e. The second-order valence-electron chi connectivity index (χ2n) is 2.57. The molecule has 1 aromatic heterocycles. The zero-order valence-electron chi connectivity index (χ0n) is 7.49. The van der Waals surface area contributed by atoms with Crippen LogP contribution in [0.3, 0.4) is 0 Å². The van der Waals surface area contributed by atoms with Crippen molar-refractivity contribution in [3.8, 4) is 0 Å². The monoisotopic (exact) mass is 166 g/mol. The highest BCUT2D eigenvalue weighted by Crippen LogP contribution is 2.03. The number of rotatable bonds is 3. The summed E-state index contributed by atoms with van der Waals surface area (Å²) in [5.41, 5.74) is 6.33. The van der Waals surface area contributed by atoms with Crippen molar-refractivity contribution >= 4 is 5.95 Å². The minimum atomic E-state index is 0.465. The molecule has 1 heterocycles. The van der Waals surface area contributed by atoms with Gasteiger partial charge in [-0.1, -0.05) is 0 Å². The molecule has 0 aliphatic carbocycles. The molecule has 0 aliphatic heterocycles. The normalized spacial score (nSPS) is 9.92. The summed E-state index contributed by atoms with van der Waals surface area (Å²) in [6.07, 6.45) is 1.73. The maximum atomic E-state index is 5.45. The number of nitrogens with two attached hydrogens (primary N) is 1. The van der Waals surface area contributed by atoms with Gasteiger partial charge in [0.15, 0.2) is 0 Å². The lowest BCUT2D eigenvalue weighted by Gasteiger charge is -2.13. The molecule has 0 fully saturated rings. The highest BCUT2D eigenvalue weighted by molar-refractivity contribution is 5.28. The Balaban J connectivity index is 2.86. The van der Waals surface area contributed by atoms with Crippen LogP contribution in [0.4, 0.5) is 5.95 Å². The number of hydrogen-bond donors (Lipinski definition) is 1. The first kappa shape index (κ1) is 8.93. The van der Waals surface area contributed by atoms with Crippen molar-refractivity contribution in [3.63, 3.8) is 0 Å². The van der Waals surface area contributed by atoms with E-state index in [0.29, 0.717) is 6.54 Å². The van der Waals surface area contributed by atoms with Crippen molar-refractivity contribution in [2.45, 2.75) is 13.5 Å². The van der Waals surface area contributed by atoms with E-state index in [1.807, 2.05) is 18.0 Å². The Morgan fingerprint density at radius 2 is 2.33 bits per heavy atom. The molecule has 0 radical (unpaired) electrons. The quantitative estimate of drug-likeness (QED) is 0.705. The average molecular weight is 166 g/mol. The molecular formula is C8H14N4. The predicted molar refractivity (Wildman–Crippen MR) is 48.9 cm³/mol. The molecule has 1 aromatic rings. The number of nitrogens with zero attached hydrogens (tertiary/aromatic N) is 3. The summed E-state index contributed by atoms with van der Waals surface area (Å²) in [7, 11) is 1.95. The lowest BCUT2D eigenvalue weighted by Crippen LogP contribution is -2.19. The molecule has 0 spiro atoms. The van der Waals surface area contributed by atoms with Crippen molar-refractivity contribution in [3.05, 3.63) is 18.0 Å². The van der Waals surface area contributed by atoms with Crippen LogP contribution >= 0.6 is 0 Å². The van der Waals surface area contributed by atoms with Gasteiger partial charge in [0.05, 0.1) is 5.69 Å². The Morgan fingerprint density at radius 1 is 1.58 bits per heavy atom. The highest BCUT2D eigenvalue weighted by Gasteiger charge is 2.00. The first-order chi connectivity index (χ1) is 5.77. The first-order valence-electron chi connectivity index (χ1n) is 4.01. The molecule has 0 aromatic carbocycles. The summed E-state index contributed by atoms with van der Waals surface area (Å²) in [4.78, 5) is 10.3. The van der Waals surface area contributed by atoms with E-state index in [1.165, 1.54) is 0 Å². The van der Waals surface area contributed by atoms with Crippen molar-refractivity contribution in [1.29, 1.82) is 0 Å². The van der Waals surface area contributed by atoms with Gasteiger partial charge in [-0.3, -0.25) is 0 Å². The second-order valence-corrected chi connectivity index (χ2v) is 2.57. The maximum Gasteiger partial charge on any atom is 0.225 e. The molecule has 4 heteroatoms.